The molecule has 1 aliphatic heterocycles. The first-order chi connectivity index (χ1) is 17.0. The van der Waals surface area contributed by atoms with Gasteiger partial charge in [0.15, 0.2) is 0 Å². The second-order valence-corrected chi connectivity index (χ2v) is 25.7. The monoisotopic (exact) mass is 588 g/mol. The first-order valence-corrected chi connectivity index (χ1v) is 22.9. The Morgan fingerprint density at radius 1 is 0.829 bits per heavy atom. The summed E-state index contributed by atoms with van der Waals surface area (Å²) in [6, 6.07) is 31.0. The van der Waals surface area contributed by atoms with Gasteiger partial charge in [-0.2, -0.15) is 0 Å². The number of halogens is 2. The Hall–Kier alpha value is -1.70. The SMILES string of the molecule is CCCc1ccc2c(c1-c1ccccc1)C=C(C)[CH]2[Zr]([Cl])([Cl])[c]1cccc2c1[SiH2]c1ccccc1-2. The molecule has 1 aliphatic carbocycles. The minimum absolute atomic E-state index is 0.130. The molecule has 0 saturated carbocycles. The Kier molecular flexibility index (Phi) is 6.30. The van der Waals surface area contributed by atoms with Crippen LogP contribution in [0.5, 0.6) is 0 Å². The zero-order chi connectivity index (χ0) is 24.2. The zero-order valence-corrected chi connectivity index (χ0v) is 25.5. The average Bonchev–Trinajstić information content (AvgIpc) is 3.41. The van der Waals surface area contributed by atoms with Crippen molar-refractivity contribution in [1.29, 1.82) is 0 Å². The van der Waals surface area contributed by atoms with E-state index in [1.807, 2.05) is 0 Å². The van der Waals surface area contributed by atoms with Crippen molar-refractivity contribution in [2.75, 3.05) is 0 Å². The van der Waals surface area contributed by atoms with Crippen molar-refractivity contribution in [2.45, 2.75) is 30.3 Å². The normalized spacial score (nSPS) is 16.7. The molecule has 0 bridgehead atoms. The van der Waals surface area contributed by atoms with Crippen LogP contribution in [0.1, 0.15) is 40.6 Å². The van der Waals surface area contributed by atoms with Crippen LogP contribution in [-0.2, 0) is 24.3 Å². The molecule has 0 nitrogen and oxygen atoms in total. The van der Waals surface area contributed by atoms with Gasteiger partial charge in [-0.05, 0) is 0 Å². The summed E-state index contributed by atoms with van der Waals surface area (Å²) >= 11 is -3.86. The standard InChI is InChI=1S/C19H19.C12H9Si.2ClH.Zr/c1-3-7-15-10-11-17-12-14(2)13-18(17)19(15)16-8-5-4-6-9-16;1-3-7-11-9(5-1)10-6-2-4-8-12(10)13-11;;;/h4-6,8-13H,3,7H2,1-2H3;1-7H,13H2;2*1H;/q;;;;+2/p-2. The van der Waals surface area contributed by atoms with Gasteiger partial charge in [0.2, 0.25) is 0 Å². The summed E-state index contributed by atoms with van der Waals surface area (Å²) in [6.45, 7) is 4.49. The maximum absolute atomic E-state index is 7.67. The minimum atomic E-state index is -3.86. The zero-order valence-electron chi connectivity index (χ0n) is 20.1. The molecule has 2 aliphatic rings. The van der Waals surface area contributed by atoms with Crippen LogP contribution in [0, 0.1) is 0 Å². The summed E-state index contributed by atoms with van der Waals surface area (Å²) in [5, 5.41) is 3.00. The van der Waals surface area contributed by atoms with E-state index < -0.39 is 27.4 Å². The van der Waals surface area contributed by atoms with Crippen molar-refractivity contribution in [3.63, 3.8) is 0 Å². The fraction of sp³-hybridized carbons (Fsp3) is 0.161. The van der Waals surface area contributed by atoms with Crippen LogP contribution in [-0.4, -0.2) is 9.52 Å². The van der Waals surface area contributed by atoms with Gasteiger partial charge >= 0.3 is 224 Å². The van der Waals surface area contributed by atoms with Crippen LogP contribution in [0.3, 0.4) is 0 Å². The van der Waals surface area contributed by atoms with Gasteiger partial charge in [-0.3, -0.25) is 0 Å². The summed E-state index contributed by atoms with van der Waals surface area (Å²) in [4.78, 5) is 0. The molecule has 4 aromatic carbocycles. The topological polar surface area (TPSA) is 0 Å². The summed E-state index contributed by atoms with van der Waals surface area (Å²) in [5.41, 5.74) is 10.8. The van der Waals surface area contributed by atoms with Crippen molar-refractivity contribution in [1.82, 2.24) is 0 Å². The molecule has 0 amide bonds. The van der Waals surface area contributed by atoms with Gasteiger partial charge < -0.3 is 0 Å². The quantitative estimate of drug-likeness (QED) is 0.201. The molecular formula is C31H28Cl2SiZr. The molecule has 35 heavy (non-hydrogen) atoms. The number of hydrogen-bond acceptors (Lipinski definition) is 0. The average molecular weight is 591 g/mol. The van der Waals surface area contributed by atoms with Crippen molar-refractivity contribution in [2.24, 2.45) is 0 Å². The van der Waals surface area contributed by atoms with Crippen LogP contribution in [0.4, 0.5) is 0 Å². The number of hydrogen-bond donors (Lipinski definition) is 0. The predicted molar refractivity (Wildman–Crippen MR) is 153 cm³/mol. The Balaban J connectivity index is 1.50. The first kappa shape index (κ1) is 23.7. The molecule has 0 N–H and O–H groups in total. The van der Waals surface area contributed by atoms with Gasteiger partial charge in [-0.1, -0.05) is 0 Å². The van der Waals surface area contributed by atoms with Crippen molar-refractivity contribution in [3.05, 3.63) is 107 Å². The van der Waals surface area contributed by atoms with E-state index in [4.69, 9.17) is 17.0 Å². The maximum atomic E-state index is 7.67. The molecule has 1 unspecified atom stereocenters. The third kappa shape index (κ3) is 3.89. The van der Waals surface area contributed by atoms with Crippen LogP contribution in [0.15, 0.2) is 90.5 Å². The third-order valence-electron chi connectivity index (χ3n) is 7.66. The molecule has 0 saturated heterocycles. The van der Waals surface area contributed by atoms with E-state index in [9.17, 15) is 0 Å². The van der Waals surface area contributed by atoms with Crippen molar-refractivity contribution < 1.29 is 17.9 Å². The van der Waals surface area contributed by atoms with Gasteiger partial charge in [0.25, 0.3) is 0 Å². The first-order valence-electron chi connectivity index (χ1n) is 12.5. The molecule has 4 aromatic rings. The Labute approximate surface area is 222 Å². The van der Waals surface area contributed by atoms with Gasteiger partial charge in [0.1, 0.15) is 0 Å². The predicted octanol–water partition coefficient (Wildman–Crippen LogP) is 6.65. The van der Waals surface area contributed by atoms with Gasteiger partial charge in [-0.15, -0.1) is 0 Å². The molecular weight excluding hydrogens is 563 g/mol. The molecule has 0 spiro atoms. The van der Waals surface area contributed by atoms with E-state index in [-0.39, 0.29) is 3.63 Å². The Morgan fingerprint density at radius 3 is 2.37 bits per heavy atom. The summed E-state index contributed by atoms with van der Waals surface area (Å²) in [6.07, 6.45) is 4.58. The Morgan fingerprint density at radius 2 is 1.57 bits per heavy atom. The number of aryl methyl sites for hydroxylation is 1. The van der Waals surface area contributed by atoms with Gasteiger partial charge in [0.05, 0.1) is 0 Å². The molecule has 0 fully saturated rings. The fourth-order valence-electron chi connectivity index (χ4n) is 6.17. The van der Waals surface area contributed by atoms with E-state index in [1.54, 1.807) is 0 Å². The van der Waals surface area contributed by atoms with E-state index in [1.165, 1.54) is 58.2 Å². The van der Waals surface area contributed by atoms with E-state index in [0.29, 0.717) is 0 Å². The van der Waals surface area contributed by atoms with Gasteiger partial charge in [0, 0.05) is 0 Å². The third-order valence-corrected chi connectivity index (χ3v) is 22.2. The van der Waals surface area contributed by atoms with Crippen molar-refractivity contribution >= 4 is 46.3 Å². The molecule has 174 valence electrons. The summed E-state index contributed by atoms with van der Waals surface area (Å²) < 4.78 is 1.43. The number of fused-ring (bicyclic) bond motifs is 4. The summed E-state index contributed by atoms with van der Waals surface area (Å²) in [5.74, 6) is 0. The van der Waals surface area contributed by atoms with Crippen LogP contribution >= 0.6 is 17.0 Å². The molecule has 4 heteroatoms. The summed E-state index contributed by atoms with van der Waals surface area (Å²) in [7, 11) is 14.8. The molecule has 0 radical (unpaired) electrons. The molecule has 1 heterocycles. The molecule has 1 atom stereocenters. The molecule has 6 rings (SSSR count). The van der Waals surface area contributed by atoms with E-state index >= 15 is 0 Å². The van der Waals surface area contributed by atoms with Gasteiger partial charge in [-0.25, -0.2) is 0 Å². The van der Waals surface area contributed by atoms with E-state index in [2.05, 4.69) is 105 Å². The Bertz CT molecular complexity index is 1470. The second-order valence-electron chi connectivity index (χ2n) is 9.83. The van der Waals surface area contributed by atoms with Crippen molar-refractivity contribution in [3.8, 4) is 22.3 Å². The second kappa shape index (κ2) is 9.31. The molecule has 0 aromatic heterocycles. The number of allylic oxidation sites excluding steroid dienone is 1. The van der Waals surface area contributed by atoms with Crippen LogP contribution in [0.25, 0.3) is 28.3 Å². The van der Waals surface area contributed by atoms with Crippen LogP contribution in [0.2, 0.25) is 0 Å². The number of rotatable bonds is 5. The van der Waals surface area contributed by atoms with Crippen LogP contribution < -0.4 is 13.6 Å². The number of benzene rings is 4. The van der Waals surface area contributed by atoms with E-state index in [0.717, 1.165) is 12.8 Å². The fourth-order valence-corrected chi connectivity index (χ4v) is 23.3.